The van der Waals surface area contributed by atoms with Crippen LogP contribution in [-0.4, -0.2) is 35.1 Å². The standard InChI is InChI=1S/C12H21NO2/c14-12(15)5-1-3-11-4-2-8-13(11)9-10-6-7-10/h10-11H,1-9H2,(H,14,15). The molecule has 2 aliphatic rings. The molecule has 2 fully saturated rings. The highest BCUT2D eigenvalue weighted by Gasteiger charge is 2.30. The Morgan fingerprint density at radius 3 is 2.80 bits per heavy atom. The highest BCUT2D eigenvalue weighted by molar-refractivity contribution is 5.66. The van der Waals surface area contributed by atoms with Crippen LogP contribution in [0.2, 0.25) is 0 Å². The molecule has 1 atom stereocenters. The van der Waals surface area contributed by atoms with E-state index in [0.717, 1.165) is 18.8 Å². The van der Waals surface area contributed by atoms with Crippen LogP contribution in [0.1, 0.15) is 44.9 Å². The molecular formula is C12H21NO2. The minimum atomic E-state index is -0.651. The van der Waals surface area contributed by atoms with E-state index in [0.29, 0.717) is 12.5 Å². The lowest BCUT2D eigenvalue weighted by atomic mass is 10.1. The number of rotatable bonds is 6. The molecule has 0 radical (unpaired) electrons. The summed E-state index contributed by atoms with van der Waals surface area (Å²) in [6.07, 6.45) is 7.70. The van der Waals surface area contributed by atoms with Crippen molar-refractivity contribution in [2.75, 3.05) is 13.1 Å². The molecule has 86 valence electrons. The molecule has 2 rings (SSSR count). The summed E-state index contributed by atoms with van der Waals surface area (Å²) in [6.45, 7) is 2.52. The summed E-state index contributed by atoms with van der Waals surface area (Å²) in [5.41, 5.74) is 0. The lowest BCUT2D eigenvalue weighted by Crippen LogP contribution is -2.31. The van der Waals surface area contributed by atoms with Crippen molar-refractivity contribution in [3.63, 3.8) is 0 Å². The van der Waals surface area contributed by atoms with Gasteiger partial charge >= 0.3 is 5.97 Å². The van der Waals surface area contributed by atoms with E-state index in [4.69, 9.17) is 5.11 Å². The molecule has 0 aromatic rings. The van der Waals surface area contributed by atoms with Crippen LogP contribution >= 0.6 is 0 Å². The minimum Gasteiger partial charge on any atom is -0.481 e. The largest absolute Gasteiger partial charge is 0.481 e. The van der Waals surface area contributed by atoms with Gasteiger partial charge in [0.15, 0.2) is 0 Å². The van der Waals surface area contributed by atoms with E-state index >= 15 is 0 Å². The van der Waals surface area contributed by atoms with E-state index in [9.17, 15) is 4.79 Å². The topological polar surface area (TPSA) is 40.5 Å². The molecule has 1 N–H and O–H groups in total. The van der Waals surface area contributed by atoms with Gasteiger partial charge in [-0.05, 0) is 51.0 Å². The molecule has 1 aliphatic heterocycles. The van der Waals surface area contributed by atoms with Crippen molar-refractivity contribution in [1.29, 1.82) is 0 Å². The van der Waals surface area contributed by atoms with Crippen LogP contribution in [-0.2, 0) is 4.79 Å². The Labute approximate surface area is 91.5 Å². The van der Waals surface area contributed by atoms with E-state index in [1.54, 1.807) is 0 Å². The van der Waals surface area contributed by atoms with E-state index in [1.165, 1.54) is 38.8 Å². The molecule has 1 heterocycles. The quantitative estimate of drug-likeness (QED) is 0.731. The normalized spacial score (nSPS) is 27.1. The predicted molar refractivity (Wildman–Crippen MR) is 58.8 cm³/mol. The number of carbonyl (C=O) groups is 1. The van der Waals surface area contributed by atoms with Crippen molar-refractivity contribution in [2.24, 2.45) is 5.92 Å². The summed E-state index contributed by atoms with van der Waals surface area (Å²) in [5.74, 6) is 0.312. The molecule has 3 heteroatoms. The lowest BCUT2D eigenvalue weighted by Gasteiger charge is -2.24. The zero-order valence-electron chi connectivity index (χ0n) is 9.32. The number of likely N-dealkylation sites (tertiary alicyclic amines) is 1. The maximum Gasteiger partial charge on any atom is 0.303 e. The van der Waals surface area contributed by atoms with Gasteiger partial charge in [-0.1, -0.05) is 0 Å². The van der Waals surface area contributed by atoms with Crippen molar-refractivity contribution < 1.29 is 9.90 Å². The molecule has 0 amide bonds. The monoisotopic (exact) mass is 211 g/mol. The van der Waals surface area contributed by atoms with Crippen LogP contribution in [0.25, 0.3) is 0 Å². The molecule has 3 nitrogen and oxygen atoms in total. The summed E-state index contributed by atoms with van der Waals surface area (Å²) in [5, 5.41) is 8.60. The van der Waals surface area contributed by atoms with Gasteiger partial charge in [-0.15, -0.1) is 0 Å². The summed E-state index contributed by atoms with van der Waals surface area (Å²) in [6, 6.07) is 0.685. The van der Waals surface area contributed by atoms with Crippen molar-refractivity contribution in [3.8, 4) is 0 Å². The van der Waals surface area contributed by atoms with Gasteiger partial charge in [0.1, 0.15) is 0 Å². The first-order chi connectivity index (χ1) is 7.25. The molecule has 1 unspecified atom stereocenters. The third-order valence-electron chi connectivity index (χ3n) is 3.62. The summed E-state index contributed by atoms with van der Waals surface area (Å²) < 4.78 is 0. The maximum absolute atomic E-state index is 10.4. The first-order valence-electron chi connectivity index (χ1n) is 6.21. The van der Waals surface area contributed by atoms with Crippen LogP contribution in [0.15, 0.2) is 0 Å². The average Bonchev–Trinajstić information content (AvgIpc) is 2.87. The second-order valence-electron chi connectivity index (χ2n) is 5.02. The molecule has 0 aromatic carbocycles. The zero-order chi connectivity index (χ0) is 10.7. The van der Waals surface area contributed by atoms with Crippen molar-refractivity contribution in [1.82, 2.24) is 4.90 Å². The smallest absolute Gasteiger partial charge is 0.303 e. The molecule has 1 saturated heterocycles. The Balaban J connectivity index is 1.67. The van der Waals surface area contributed by atoms with Crippen LogP contribution in [0.4, 0.5) is 0 Å². The van der Waals surface area contributed by atoms with Gasteiger partial charge in [-0.2, -0.15) is 0 Å². The average molecular weight is 211 g/mol. The van der Waals surface area contributed by atoms with Crippen LogP contribution in [0.5, 0.6) is 0 Å². The fourth-order valence-electron chi connectivity index (χ4n) is 2.58. The molecular weight excluding hydrogens is 190 g/mol. The van der Waals surface area contributed by atoms with E-state index in [-0.39, 0.29) is 0 Å². The number of nitrogens with zero attached hydrogens (tertiary/aromatic N) is 1. The fourth-order valence-corrected chi connectivity index (χ4v) is 2.58. The highest BCUT2D eigenvalue weighted by Crippen LogP contribution is 2.33. The molecule has 1 saturated carbocycles. The molecule has 15 heavy (non-hydrogen) atoms. The van der Waals surface area contributed by atoms with Crippen molar-refractivity contribution >= 4 is 5.97 Å². The lowest BCUT2D eigenvalue weighted by molar-refractivity contribution is -0.137. The zero-order valence-corrected chi connectivity index (χ0v) is 9.32. The van der Waals surface area contributed by atoms with E-state index < -0.39 is 5.97 Å². The van der Waals surface area contributed by atoms with Crippen molar-refractivity contribution in [3.05, 3.63) is 0 Å². The number of hydrogen-bond donors (Lipinski definition) is 1. The van der Waals surface area contributed by atoms with E-state index in [1.807, 2.05) is 0 Å². The van der Waals surface area contributed by atoms with Gasteiger partial charge in [0.05, 0.1) is 0 Å². The third-order valence-corrected chi connectivity index (χ3v) is 3.62. The van der Waals surface area contributed by atoms with Gasteiger partial charge < -0.3 is 10.0 Å². The predicted octanol–water partition coefficient (Wildman–Crippen LogP) is 2.12. The Morgan fingerprint density at radius 1 is 1.33 bits per heavy atom. The molecule has 0 bridgehead atoms. The number of carboxylic acids is 1. The van der Waals surface area contributed by atoms with Gasteiger partial charge in [0.2, 0.25) is 0 Å². The van der Waals surface area contributed by atoms with Gasteiger partial charge in [-0.25, -0.2) is 0 Å². The second kappa shape index (κ2) is 4.97. The molecule has 0 spiro atoms. The summed E-state index contributed by atoms with van der Waals surface area (Å²) in [7, 11) is 0. The summed E-state index contributed by atoms with van der Waals surface area (Å²) in [4.78, 5) is 13.0. The van der Waals surface area contributed by atoms with Gasteiger partial charge in [0, 0.05) is 19.0 Å². The Hall–Kier alpha value is -0.570. The highest BCUT2D eigenvalue weighted by atomic mass is 16.4. The Kier molecular flexibility index (Phi) is 3.62. The van der Waals surface area contributed by atoms with Crippen molar-refractivity contribution in [2.45, 2.75) is 51.0 Å². The number of hydrogen-bond acceptors (Lipinski definition) is 2. The number of carboxylic acid groups (broad SMARTS) is 1. The molecule has 1 aliphatic carbocycles. The minimum absolute atomic E-state index is 0.341. The number of aliphatic carboxylic acids is 1. The SMILES string of the molecule is O=C(O)CCCC1CCCN1CC1CC1. The third kappa shape index (κ3) is 3.49. The van der Waals surface area contributed by atoms with Crippen LogP contribution < -0.4 is 0 Å². The van der Waals surface area contributed by atoms with Gasteiger partial charge in [-0.3, -0.25) is 4.79 Å². The van der Waals surface area contributed by atoms with Crippen LogP contribution in [0, 0.1) is 5.92 Å². The van der Waals surface area contributed by atoms with Gasteiger partial charge in [0.25, 0.3) is 0 Å². The maximum atomic E-state index is 10.4. The molecule has 0 aromatic heterocycles. The second-order valence-corrected chi connectivity index (χ2v) is 5.02. The first kappa shape index (κ1) is 10.9. The summed E-state index contributed by atoms with van der Waals surface area (Å²) >= 11 is 0. The fraction of sp³-hybridized carbons (Fsp3) is 0.917. The Morgan fingerprint density at radius 2 is 2.13 bits per heavy atom. The first-order valence-corrected chi connectivity index (χ1v) is 6.21. The van der Waals surface area contributed by atoms with Crippen LogP contribution in [0.3, 0.4) is 0 Å². The Bertz CT molecular complexity index is 226. The van der Waals surface area contributed by atoms with E-state index in [2.05, 4.69) is 4.90 Å².